The molecule has 1 aliphatic rings. The van der Waals surface area contributed by atoms with E-state index in [1.54, 1.807) is 6.20 Å². The minimum atomic E-state index is 0.467. The van der Waals surface area contributed by atoms with Crippen molar-refractivity contribution in [3.63, 3.8) is 0 Å². The van der Waals surface area contributed by atoms with E-state index in [0.717, 1.165) is 58.4 Å². The summed E-state index contributed by atoms with van der Waals surface area (Å²) in [5, 5.41) is 14.8. The molecule has 1 saturated heterocycles. The Labute approximate surface area is 209 Å². The molecule has 0 radical (unpaired) electrons. The monoisotopic (exact) mass is 477 g/mol. The van der Waals surface area contributed by atoms with Gasteiger partial charge in [-0.3, -0.25) is 9.08 Å². The summed E-state index contributed by atoms with van der Waals surface area (Å²) in [5.41, 5.74) is 6.01. The van der Waals surface area contributed by atoms with Gasteiger partial charge in [0.15, 0.2) is 5.65 Å². The van der Waals surface area contributed by atoms with Gasteiger partial charge in [0.05, 0.1) is 41.2 Å². The van der Waals surface area contributed by atoms with Gasteiger partial charge in [0, 0.05) is 42.9 Å². The summed E-state index contributed by atoms with van der Waals surface area (Å²) >= 11 is 0. The Morgan fingerprint density at radius 1 is 1.11 bits per heavy atom. The molecule has 0 aliphatic carbocycles. The number of benzene rings is 2. The molecule has 5 aromatic rings. The summed E-state index contributed by atoms with van der Waals surface area (Å²) in [5.74, 6) is 0.467. The highest BCUT2D eigenvalue weighted by Crippen LogP contribution is 2.37. The third-order valence-electron chi connectivity index (χ3n) is 7.01. The second-order valence-electron chi connectivity index (χ2n) is 9.55. The molecule has 36 heavy (non-hydrogen) atoms. The number of rotatable bonds is 5. The van der Waals surface area contributed by atoms with E-state index in [-0.39, 0.29) is 0 Å². The molecule has 1 atom stereocenters. The van der Waals surface area contributed by atoms with Gasteiger partial charge in [0.2, 0.25) is 0 Å². The van der Waals surface area contributed by atoms with Gasteiger partial charge in [-0.2, -0.15) is 15.3 Å². The number of imidazole rings is 1. The van der Waals surface area contributed by atoms with Crippen LogP contribution in [0.15, 0.2) is 61.1 Å². The number of aryl methyl sites for hydroxylation is 1. The molecular weight excluding hydrogens is 450 g/mol. The Kier molecular flexibility index (Phi) is 5.62. The summed E-state index contributed by atoms with van der Waals surface area (Å²) < 4.78 is 10.2. The number of hydrogen-bond donors (Lipinski definition) is 0. The summed E-state index contributed by atoms with van der Waals surface area (Å²) in [6.07, 6.45) is 7.89. The highest BCUT2D eigenvalue weighted by atomic mass is 16.5. The molecule has 0 saturated carbocycles. The number of nitriles is 1. The van der Waals surface area contributed by atoms with Crippen LogP contribution in [0, 0.1) is 17.2 Å². The number of hydrogen-bond acceptors (Lipinski definition) is 6. The highest BCUT2D eigenvalue weighted by molar-refractivity contribution is 5.94. The first-order chi connectivity index (χ1) is 17.6. The molecule has 4 heterocycles. The maximum absolute atomic E-state index is 9.30. The summed E-state index contributed by atoms with van der Waals surface area (Å²) in [6.45, 7) is 2.77. The van der Waals surface area contributed by atoms with Crippen LogP contribution < -0.4 is 4.74 Å². The van der Waals surface area contributed by atoms with E-state index in [1.807, 2.05) is 52.8 Å². The fraction of sp³-hybridized carbons (Fsp3) is 0.286. The van der Waals surface area contributed by atoms with E-state index >= 15 is 0 Å². The van der Waals surface area contributed by atoms with Gasteiger partial charge in [-0.05, 0) is 50.2 Å². The lowest BCUT2D eigenvalue weighted by atomic mass is 9.98. The standard InChI is InChI=1S/C28H27N7O/c1-33-12-3-4-20(17-33)18-36-28-32-26(21-7-5-19(15-29)6-8-21)25(27-30-11-13-35(27)28)22-9-10-23-16-31-34(2)24(23)14-22/h5-11,13-14,16,20H,3-4,12,17-18H2,1-2H3/t20-/m1/s1. The third kappa shape index (κ3) is 3.97. The molecule has 0 spiro atoms. The quantitative estimate of drug-likeness (QED) is 0.369. The van der Waals surface area contributed by atoms with E-state index in [1.165, 1.54) is 6.42 Å². The number of fused-ring (bicyclic) bond motifs is 2. The van der Waals surface area contributed by atoms with Gasteiger partial charge < -0.3 is 9.64 Å². The predicted molar refractivity (Wildman–Crippen MR) is 139 cm³/mol. The number of ether oxygens (including phenoxy) is 1. The van der Waals surface area contributed by atoms with Crippen LogP contribution in [-0.4, -0.2) is 55.8 Å². The molecule has 2 aromatic carbocycles. The Morgan fingerprint density at radius 3 is 2.75 bits per heavy atom. The molecular formula is C28H27N7O. The van der Waals surface area contributed by atoms with Crippen LogP contribution in [0.1, 0.15) is 18.4 Å². The Bertz CT molecular complexity index is 1590. The van der Waals surface area contributed by atoms with Crippen LogP contribution in [0.5, 0.6) is 6.01 Å². The molecule has 180 valence electrons. The van der Waals surface area contributed by atoms with E-state index in [4.69, 9.17) is 14.7 Å². The van der Waals surface area contributed by atoms with Gasteiger partial charge in [-0.1, -0.05) is 24.3 Å². The average Bonchev–Trinajstić information content (AvgIpc) is 3.54. The van der Waals surface area contributed by atoms with Crippen molar-refractivity contribution in [2.24, 2.45) is 13.0 Å². The zero-order valence-electron chi connectivity index (χ0n) is 20.4. The van der Waals surface area contributed by atoms with Gasteiger partial charge >= 0.3 is 6.01 Å². The molecule has 6 rings (SSSR count). The number of likely N-dealkylation sites (tertiary alicyclic amines) is 1. The Balaban J connectivity index is 1.50. The van der Waals surface area contributed by atoms with Crippen LogP contribution in [0.2, 0.25) is 0 Å². The fourth-order valence-electron chi connectivity index (χ4n) is 5.13. The van der Waals surface area contributed by atoms with Crippen molar-refractivity contribution in [1.29, 1.82) is 5.26 Å². The average molecular weight is 478 g/mol. The lowest BCUT2D eigenvalue weighted by molar-refractivity contribution is 0.143. The van der Waals surface area contributed by atoms with Crippen molar-refractivity contribution in [3.05, 3.63) is 66.6 Å². The van der Waals surface area contributed by atoms with Gasteiger partial charge in [0.25, 0.3) is 0 Å². The molecule has 0 unspecified atom stereocenters. The molecule has 3 aromatic heterocycles. The van der Waals surface area contributed by atoms with E-state index in [0.29, 0.717) is 24.1 Å². The molecule has 1 fully saturated rings. The molecule has 0 amide bonds. The van der Waals surface area contributed by atoms with Gasteiger partial charge in [-0.25, -0.2) is 4.98 Å². The largest absolute Gasteiger partial charge is 0.464 e. The van der Waals surface area contributed by atoms with Crippen molar-refractivity contribution >= 4 is 16.6 Å². The zero-order chi connectivity index (χ0) is 24.6. The minimum absolute atomic E-state index is 0.467. The maximum atomic E-state index is 9.30. The van der Waals surface area contributed by atoms with E-state index in [2.05, 4.69) is 41.3 Å². The van der Waals surface area contributed by atoms with Crippen molar-refractivity contribution in [2.45, 2.75) is 12.8 Å². The van der Waals surface area contributed by atoms with E-state index in [9.17, 15) is 5.26 Å². The highest BCUT2D eigenvalue weighted by Gasteiger charge is 2.22. The lowest BCUT2D eigenvalue weighted by Crippen LogP contribution is -2.35. The molecule has 1 aliphatic heterocycles. The second kappa shape index (κ2) is 9.10. The SMILES string of the molecule is CN1CCC[C@@H](COc2nc(-c3ccc(C#N)cc3)c(-c3ccc4cnn(C)c4c3)c3nccn23)C1. The van der Waals surface area contributed by atoms with Gasteiger partial charge in [0.1, 0.15) is 0 Å². The van der Waals surface area contributed by atoms with Crippen LogP contribution in [0.4, 0.5) is 0 Å². The van der Waals surface area contributed by atoms with Crippen LogP contribution in [0.3, 0.4) is 0 Å². The maximum Gasteiger partial charge on any atom is 0.302 e. The van der Waals surface area contributed by atoms with E-state index < -0.39 is 0 Å². The summed E-state index contributed by atoms with van der Waals surface area (Å²) in [6, 6.07) is 16.5. The summed E-state index contributed by atoms with van der Waals surface area (Å²) in [4.78, 5) is 12.1. The van der Waals surface area contributed by atoms with Crippen LogP contribution in [0.25, 0.3) is 38.9 Å². The van der Waals surface area contributed by atoms with Crippen LogP contribution >= 0.6 is 0 Å². The second-order valence-corrected chi connectivity index (χ2v) is 9.55. The molecule has 8 heteroatoms. The third-order valence-corrected chi connectivity index (χ3v) is 7.01. The van der Waals surface area contributed by atoms with Crippen molar-refractivity contribution in [1.82, 2.24) is 29.0 Å². The van der Waals surface area contributed by atoms with Gasteiger partial charge in [-0.15, -0.1) is 0 Å². The molecule has 0 bridgehead atoms. The van der Waals surface area contributed by atoms with Crippen LogP contribution in [-0.2, 0) is 7.05 Å². The van der Waals surface area contributed by atoms with Crippen molar-refractivity contribution in [2.75, 3.05) is 26.7 Å². The molecule has 0 N–H and O–H groups in total. The predicted octanol–water partition coefficient (Wildman–Crippen LogP) is 4.54. The normalized spacial score (nSPS) is 16.4. The van der Waals surface area contributed by atoms with Crippen molar-refractivity contribution in [3.8, 4) is 34.5 Å². The first-order valence-corrected chi connectivity index (χ1v) is 12.2. The minimum Gasteiger partial charge on any atom is -0.464 e. The lowest BCUT2D eigenvalue weighted by Gasteiger charge is -2.29. The summed E-state index contributed by atoms with van der Waals surface area (Å²) in [7, 11) is 4.10. The topological polar surface area (TPSA) is 84.3 Å². The number of nitrogens with zero attached hydrogens (tertiary/aromatic N) is 7. The molecule has 8 nitrogen and oxygen atoms in total. The Morgan fingerprint density at radius 2 is 1.94 bits per heavy atom. The zero-order valence-corrected chi connectivity index (χ0v) is 20.4. The first-order valence-electron chi connectivity index (χ1n) is 12.2. The fourth-order valence-corrected chi connectivity index (χ4v) is 5.13. The number of piperidine rings is 1. The van der Waals surface area contributed by atoms with Crippen molar-refractivity contribution < 1.29 is 4.74 Å². The smallest absolute Gasteiger partial charge is 0.302 e. The Hall–Kier alpha value is -4.22. The number of aromatic nitrogens is 5. The first kappa shape index (κ1) is 22.3.